The van der Waals surface area contributed by atoms with Gasteiger partial charge in [0.15, 0.2) is 0 Å². The van der Waals surface area contributed by atoms with E-state index in [2.05, 4.69) is 5.32 Å². The van der Waals surface area contributed by atoms with Crippen LogP contribution in [0, 0.1) is 23.6 Å². The highest BCUT2D eigenvalue weighted by Gasteiger charge is 2.38. The molecule has 3 atom stereocenters. The number of hydrogen-bond acceptors (Lipinski definition) is 2. The third-order valence-corrected chi connectivity index (χ3v) is 3.88. The Balaban J connectivity index is 2.06. The van der Waals surface area contributed by atoms with Gasteiger partial charge in [-0.25, -0.2) is 4.39 Å². The Bertz CT molecular complexity index is 500. The lowest BCUT2D eigenvalue weighted by atomic mass is 9.74. The van der Waals surface area contributed by atoms with Crippen LogP contribution >= 0.6 is 0 Å². The van der Waals surface area contributed by atoms with Crippen molar-refractivity contribution in [1.82, 2.24) is 0 Å². The van der Waals surface area contributed by atoms with Crippen molar-refractivity contribution in [2.45, 2.75) is 26.2 Å². The first-order chi connectivity index (χ1) is 9.47. The summed E-state index contributed by atoms with van der Waals surface area (Å²) in [6, 6.07) is 5.45. The van der Waals surface area contributed by atoms with Crippen molar-refractivity contribution in [2.24, 2.45) is 17.8 Å². The highest BCUT2D eigenvalue weighted by molar-refractivity contribution is 5.95. The van der Waals surface area contributed by atoms with Crippen molar-refractivity contribution >= 4 is 17.6 Å². The molecule has 2 N–H and O–H groups in total. The summed E-state index contributed by atoms with van der Waals surface area (Å²) < 4.78 is 12.8. The number of carboxylic acids is 1. The molecule has 1 saturated carbocycles. The first-order valence-corrected chi connectivity index (χ1v) is 6.76. The number of carbonyl (C=O) groups excluding carboxylic acids is 1. The van der Waals surface area contributed by atoms with E-state index in [0.29, 0.717) is 24.4 Å². The number of hydrogen-bond donors (Lipinski definition) is 2. The Morgan fingerprint density at radius 1 is 1.20 bits per heavy atom. The molecule has 1 fully saturated rings. The van der Waals surface area contributed by atoms with Gasteiger partial charge in [-0.05, 0) is 49.4 Å². The summed E-state index contributed by atoms with van der Waals surface area (Å²) >= 11 is 0. The molecular weight excluding hydrogens is 261 g/mol. The largest absolute Gasteiger partial charge is 0.481 e. The number of rotatable bonds is 3. The zero-order valence-electron chi connectivity index (χ0n) is 11.3. The third-order valence-electron chi connectivity index (χ3n) is 3.88. The molecule has 1 amide bonds. The topological polar surface area (TPSA) is 66.4 Å². The molecule has 1 aliphatic carbocycles. The summed E-state index contributed by atoms with van der Waals surface area (Å²) in [6.45, 7) is 2.00. The van der Waals surface area contributed by atoms with Crippen molar-refractivity contribution in [1.29, 1.82) is 0 Å². The average molecular weight is 279 g/mol. The zero-order chi connectivity index (χ0) is 14.7. The molecule has 2 rings (SSSR count). The van der Waals surface area contributed by atoms with E-state index in [-0.39, 0.29) is 11.7 Å². The van der Waals surface area contributed by atoms with Gasteiger partial charge in [0.2, 0.25) is 5.91 Å². The van der Waals surface area contributed by atoms with Crippen LogP contribution < -0.4 is 5.32 Å². The standard InChI is InChI=1S/C15H18FNO3/c1-9-2-7-12(13(8-9)15(19)20)14(18)17-11-5-3-10(16)4-6-11/h3-6,9,12-13H,2,7-8H2,1H3,(H,17,18)(H,19,20). The number of benzene rings is 1. The van der Waals surface area contributed by atoms with E-state index in [9.17, 15) is 19.1 Å². The van der Waals surface area contributed by atoms with E-state index in [0.717, 1.165) is 6.42 Å². The van der Waals surface area contributed by atoms with Crippen molar-refractivity contribution in [3.8, 4) is 0 Å². The molecule has 0 aliphatic heterocycles. The first kappa shape index (κ1) is 14.5. The Hall–Kier alpha value is -1.91. The monoisotopic (exact) mass is 279 g/mol. The van der Waals surface area contributed by atoms with Crippen molar-refractivity contribution < 1.29 is 19.1 Å². The summed E-state index contributed by atoms with van der Waals surface area (Å²) in [4.78, 5) is 23.5. The third kappa shape index (κ3) is 3.35. The summed E-state index contributed by atoms with van der Waals surface area (Å²) in [7, 11) is 0. The normalized spacial score (nSPS) is 26.0. The molecule has 4 nitrogen and oxygen atoms in total. The van der Waals surface area contributed by atoms with E-state index in [1.54, 1.807) is 0 Å². The second-order valence-corrected chi connectivity index (χ2v) is 5.47. The van der Waals surface area contributed by atoms with Crippen molar-refractivity contribution in [3.63, 3.8) is 0 Å². The molecule has 0 spiro atoms. The van der Waals surface area contributed by atoms with Crippen LogP contribution in [0.1, 0.15) is 26.2 Å². The number of amides is 1. The van der Waals surface area contributed by atoms with Crippen LogP contribution in [0.15, 0.2) is 24.3 Å². The minimum Gasteiger partial charge on any atom is -0.481 e. The van der Waals surface area contributed by atoms with Crippen LogP contribution in [0.2, 0.25) is 0 Å². The fourth-order valence-electron chi connectivity index (χ4n) is 2.74. The minimum atomic E-state index is -0.921. The SMILES string of the molecule is CC1CCC(C(=O)Nc2ccc(F)cc2)C(C(=O)O)C1. The minimum absolute atomic E-state index is 0.295. The maximum Gasteiger partial charge on any atom is 0.307 e. The highest BCUT2D eigenvalue weighted by Crippen LogP contribution is 2.34. The van der Waals surface area contributed by atoms with Gasteiger partial charge < -0.3 is 10.4 Å². The predicted molar refractivity (Wildman–Crippen MR) is 72.7 cm³/mol. The average Bonchev–Trinajstić information content (AvgIpc) is 2.41. The molecule has 0 heterocycles. The van der Waals surface area contributed by atoms with E-state index in [1.807, 2.05) is 6.92 Å². The first-order valence-electron chi connectivity index (χ1n) is 6.76. The van der Waals surface area contributed by atoms with Crippen LogP contribution in [0.25, 0.3) is 0 Å². The lowest BCUT2D eigenvalue weighted by molar-refractivity contribution is -0.148. The van der Waals surface area contributed by atoms with Gasteiger partial charge in [0.1, 0.15) is 5.82 Å². The number of nitrogens with one attached hydrogen (secondary N) is 1. The molecule has 3 unspecified atom stereocenters. The number of aliphatic carboxylic acids is 1. The van der Waals surface area contributed by atoms with Gasteiger partial charge in [-0.3, -0.25) is 9.59 Å². The smallest absolute Gasteiger partial charge is 0.307 e. The molecule has 0 saturated heterocycles. The van der Waals surface area contributed by atoms with Gasteiger partial charge in [0, 0.05) is 5.69 Å². The van der Waals surface area contributed by atoms with Gasteiger partial charge in [0.05, 0.1) is 11.8 Å². The predicted octanol–water partition coefficient (Wildman–Crippen LogP) is 2.90. The van der Waals surface area contributed by atoms with Crippen LogP contribution in [0.5, 0.6) is 0 Å². The molecule has 1 aromatic carbocycles. The second-order valence-electron chi connectivity index (χ2n) is 5.47. The molecular formula is C15H18FNO3. The molecule has 0 aromatic heterocycles. The Morgan fingerprint density at radius 2 is 1.85 bits per heavy atom. The van der Waals surface area contributed by atoms with Gasteiger partial charge in [-0.1, -0.05) is 6.92 Å². The molecule has 20 heavy (non-hydrogen) atoms. The summed E-state index contributed by atoms with van der Waals surface area (Å²) in [6.07, 6.45) is 1.95. The van der Waals surface area contributed by atoms with Gasteiger partial charge in [-0.2, -0.15) is 0 Å². The van der Waals surface area contributed by atoms with Crippen LogP contribution in [-0.4, -0.2) is 17.0 Å². The van der Waals surface area contributed by atoms with Crippen molar-refractivity contribution in [2.75, 3.05) is 5.32 Å². The van der Waals surface area contributed by atoms with Gasteiger partial charge in [0.25, 0.3) is 0 Å². The maximum absolute atomic E-state index is 12.8. The molecule has 1 aromatic rings. The maximum atomic E-state index is 12.8. The van der Waals surface area contributed by atoms with Crippen LogP contribution in [0.3, 0.4) is 0 Å². The van der Waals surface area contributed by atoms with E-state index in [1.165, 1.54) is 24.3 Å². The number of carbonyl (C=O) groups is 2. The number of halogens is 1. The van der Waals surface area contributed by atoms with Gasteiger partial charge >= 0.3 is 5.97 Å². The fraction of sp³-hybridized carbons (Fsp3) is 0.467. The van der Waals surface area contributed by atoms with Crippen LogP contribution in [-0.2, 0) is 9.59 Å². The van der Waals surface area contributed by atoms with E-state index < -0.39 is 17.8 Å². The number of carboxylic acid groups (broad SMARTS) is 1. The summed E-state index contributed by atoms with van der Waals surface area (Å²) in [5.74, 6) is -2.43. The Morgan fingerprint density at radius 3 is 2.45 bits per heavy atom. The van der Waals surface area contributed by atoms with Crippen molar-refractivity contribution in [3.05, 3.63) is 30.1 Å². The molecule has 0 radical (unpaired) electrons. The molecule has 108 valence electrons. The van der Waals surface area contributed by atoms with E-state index >= 15 is 0 Å². The fourth-order valence-corrected chi connectivity index (χ4v) is 2.74. The summed E-state index contributed by atoms with van der Waals surface area (Å²) in [5.41, 5.74) is 0.485. The summed E-state index contributed by atoms with van der Waals surface area (Å²) in [5, 5.41) is 11.9. The number of anilines is 1. The molecule has 5 heteroatoms. The quantitative estimate of drug-likeness (QED) is 0.894. The van der Waals surface area contributed by atoms with E-state index in [4.69, 9.17) is 0 Å². The Kier molecular flexibility index (Phi) is 4.37. The second kappa shape index (κ2) is 6.03. The lowest BCUT2D eigenvalue weighted by Gasteiger charge is -2.31. The molecule has 1 aliphatic rings. The highest BCUT2D eigenvalue weighted by atomic mass is 19.1. The van der Waals surface area contributed by atoms with Crippen LogP contribution in [0.4, 0.5) is 10.1 Å². The zero-order valence-corrected chi connectivity index (χ0v) is 11.3. The van der Waals surface area contributed by atoms with Gasteiger partial charge in [-0.15, -0.1) is 0 Å². The lowest BCUT2D eigenvalue weighted by Crippen LogP contribution is -2.38. The Labute approximate surface area is 117 Å². The molecule has 0 bridgehead atoms.